The van der Waals surface area contributed by atoms with Crippen LogP contribution in [0.15, 0.2) is 42.6 Å². The third-order valence-electron chi connectivity index (χ3n) is 4.07. The van der Waals surface area contributed by atoms with Crippen molar-refractivity contribution in [3.05, 3.63) is 48.3 Å². The summed E-state index contributed by atoms with van der Waals surface area (Å²) in [7, 11) is 4.19. The molecule has 0 saturated heterocycles. The van der Waals surface area contributed by atoms with Crippen LogP contribution in [0.1, 0.15) is 12.1 Å². The van der Waals surface area contributed by atoms with Gasteiger partial charge in [0.15, 0.2) is 11.3 Å². The van der Waals surface area contributed by atoms with Crippen molar-refractivity contribution >= 4 is 27.8 Å². The zero-order chi connectivity index (χ0) is 15.8. The largest absolute Gasteiger partial charge is 0.309 e. The zero-order valence-electron chi connectivity index (χ0n) is 13.4. The molecule has 1 aromatic carbocycles. The predicted molar refractivity (Wildman–Crippen MR) is 92.7 cm³/mol. The normalized spacial score (nSPS) is 12.0. The highest BCUT2D eigenvalue weighted by atomic mass is 15.1. The lowest BCUT2D eigenvalue weighted by atomic mass is 10.2. The van der Waals surface area contributed by atoms with Crippen LogP contribution in [-0.4, -0.2) is 44.9 Å². The van der Waals surface area contributed by atoms with Gasteiger partial charge in [0.25, 0.3) is 0 Å². The first-order valence-corrected chi connectivity index (χ1v) is 7.89. The van der Waals surface area contributed by atoms with Crippen molar-refractivity contribution in [2.75, 3.05) is 20.6 Å². The summed E-state index contributed by atoms with van der Waals surface area (Å²) in [6.45, 7) is 1.04. The van der Waals surface area contributed by atoms with Gasteiger partial charge < -0.3 is 4.90 Å². The van der Waals surface area contributed by atoms with Gasteiger partial charge >= 0.3 is 0 Å². The topological polar surface area (TPSA) is 46.3 Å². The van der Waals surface area contributed by atoms with Crippen molar-refractivity contribution in [1.82, 2.24) is 24.3 Å². The number of rotatable bonds is 4. The lowest BCUT2D eigenvalue weighted by Crippen LogP contribution is -2.14. The molecule has 0 spiro atoms. The number of benzene rings is 1. The van der Waals surface area contributed by atoms with Crippen molar-refractivity contribution in [3.63, 3.8) is 0 Å². The molecule has 0 aliphatic carbocycles. The molecule has 5 nitrogen and oxygen atoms in total. The Bertz CT molecular complexity index is 987. The molecule has 0 bridgehead atoms. The molecule has 0 saturated carbocycles. The van der Waals surface area contributed by atoms with Crippen molar-refractivity contribution in [3.8, 4) is 0 Å². The number of hydrogen-bond donors (Lipinski definition) is 0. The van der Waals surface area contributed by atoms with Crippen LogP contribution in [0, 0.1) is 0 Å². The minimum Gasteiger partial charge on any atom is -0.309 e. The molecular formula is C18H19N5. The summed E-state index contributed by atoms with van der Waals surface area (Å²) in [5.41, 5.74) is 5.83. The third kappa shape index (κ3) is 2.43. The molecule has 0 aliphatic heterocycles. The Morgan fingerprint density at radius 3 is 2.65 bits per heavy atom. The highest BCUT2D eigenvalue weighted by Gasteiger charge is 2.14. The molecule has 5 heteroatoms. The molecule has 0 atom stereocenters. The lowest BCUT2D eigenvalue weighted by molar-refractivity contribution is 0.400. The summed E-state index contributed by atoms with van der Waals surface area (Å²) in [5.74, 6) is 0. The molecule has 4 rings (SSSR count). The van der Waals surface area contributed by atoms with E-state index in [0.29, 0.717) is 0 Å². The number of aryl methyl sites for hydroxylation is 1. The molecular weight excluding hydrogens is 286 g/mol. The molecule has 4 aromatic rings. The Balaban J connectivity index is 1.97. The second kappa shape index (κ2) is 5.59. The lowest BCUT2D eigenvalue weighted by Gasteiger charge is -2.10. The molecule has 0 radical (unpaired) electrons. The maximum atomic E-state index is 4.83. The van der Waals surface area contributed by atoms with E-state index in [1.165, 1.54) is 0 Å². The average molecular weight is 305 g/mol. The van der Waals surface area contributed by atoms with Gasteiger partial charge in [-0.3, -0.25) is 4.40 Å². The van der Waals surface area contributed by atoms with Crippen LogP contribution in [0.4, 0.5) is 0 Å². The Kier molecular flexibility index (Phi) is 3.42. The van der Waals surface area contributed by atoms with Crippen LogP contribution < -0.4 is 0 Å². The number of imidazole rings is 1. The van der Waals surface area contributed by atoms with E-state index in [9.17, 15) is 0 Å². The second-order valence-electron chi connectivity index (χ2n) is 6.07. The minimum atomic E-state index is 0.868. The Morgan fingerprint density at radius 1 is 0.957 bits per heavy atom. The molecule has 116 valence electrons. The van der Waals surface area contributed by atoms with Gasteiger partial charge in [0, 0.05) is 6.20 Å². The number of aromatic nitrogens is 4. The molecule has 0 fully saturated rings. The number of pyridine rings is 1. The van der Waals surface area contributed by atoms with E-state index in [4.69, 9.17) is 9.97 Å². The maximum Gasteiger partial charge on any atom is 0.164 e. The summed E-state index contributed by atoms with van der Waals surface area (Å²) < 4.78 is 2.14. The van der Waals surface area contributed by atoms with Crippen molar-refractivity contribution in [1.29, 1.82) is 0 Å². The van der Waals surface area contributed by atoms with E-state index in [-0.39, 0.29) is 0 Å². The highest BCUT2D eigenvalue weighted by Crippen LogP contribution is 2.23. The summed E-state index contributed by atoms with van der Waals surface area (Å²) in [4.78, 5) is 16.4. The van der Waals surface area contributed by atoms with E-state index in [1.807, 2.05) is 36.5 Å². The van der Waals surface area contributed by atoms with Gasteiger partial charge in [0.1, 0.15) is 5.52 Å². The molecule has 3 heterocycles. The Hall–Kier alpha value is -2.53. The van der Waals surface area contributed by atoms with Crippen LogP contribution in [0.5, 0.6) is 0 Å². The third-order valence-corrected chi connectivity index (χ3v) is 4.07. The van der Waals surface area contributed by atoms with Crippen LogP contribution in [-0.2, 0) is 6.42 Å². The van der Waals surface area contributed by atoms with Gasteiger partial charge in [-0.25, -0.2) is 15.0 Å². The number of hydrogen-bond acceptors (Lipinski definition) is 4. The summed E-state index contributed by atoms with van der Waals surface area (Å²) >= 11 is 0. The minimum absolute atomic E-state index is 0.868. The first kappa shape index (κ1) is 14.1. The average Bonchev–Trinajstić information content (AvgIpc) is 2.94. The number of para-hydroxylation sites is 2. The van der Waals surface area contributed by atoms with Gasteiger partial charge in [-0.2, -0.15) is 0 Å². The number of nitrogens with zero attached hydrogens (tertiary/aromatic N) is 5. The van der Waals surface area contributed by atoms with Crippen molar-refractivity contribution < 1.29 is 0 Å². The van der Waals surface area contributed by atoms with E-state index in [0.717, 1.165) is 52.9 Å². The highest BCUT2D eigenvalue weighted by molar-refractivity contribution is 5.87. The summed E-state index contributed by atoms with van der Waals surface area (Å²) in [5, 5.41) is 0. The Labute approximate surface area is 134 Å². The smallest absolute Gasteiger partial charge is 0.164 e. The van der Waals surface area contributed by atoms with Crippen LogP contribution >= 0.6 is 0 Å². The maximum absolute atomic E-state index is 4.83. The zero-order valence-corrected chi connectivity index (χ0v) is 13.4. The predicted octanol–water partition coefficient (Wildman–Crippen LogP) is 2.92. The molecule has 0 unspecified atom stereocenters. The van der Waals surface area contributed by atoms with E-state index < -0.39 is 0 Å². The SMILES string of the molecule is CN(C)CCCc1nc2cccnc2n2c1nc1ccccc12. The quantitative estimate of drug-likeness (QED) is 0.581. The van der Waals surface area contributed by atoms with Gasteiger partial charge in [-0.1, -0.05) is 12.1 Å². The number of fused-ring (bicyclic) bond motifs is 5. The first-order valence-electron chi connectivity index (χ1n) is 7.89. The van der Waals surface area contributed by atoms with Gasteiger partial charge in [-0.15, -0.1) is 0 Å². The summed E-state index contributed by atoms with van der Waals surface area (Å²) in [6.07, 6.45) is 3.78. The first-order chi connectivity index (χ1) is 11.2. The molecule has 0 N–H and O–H groups in total. The fraction of sp³-hybridized carbons (Fsp3) is 0.278. The van der Waals surface area contributed by atoms with Crippen molar-refractivity contribution in [2.45, 2.75) is 12.8 Å². The van der Waals surface area contributed by atoms with E-state index in [2.05, 4.69) is 34.4 Å². The van der Waals surface area contributed by atoms with E-state index >= 15 is 0 Å². The van der Waals surface area contributed by atoms with Crippen LogP contribution in [0.25, 0.3) is 27.8 Å². The van der Waals surface area contributed by atoms with Gasteiger partial charge in [0.2, 0.25) is 0 Å². The standard InChI is InChI=1S/C18H19N5/c1-22(2)12-6-9-15-18-21-13-7-3-4-10-16(13)23(18)17-14(20-15)8-5-11-19-17/h3-5,7-8,10-11H,6,9,12H2,1-2H3. The van der Waals surface area contributed by atoms with Gasteiger partial charge in [-0.05, 0) is 57.7 Å². The van der Waals surface area contributed by atoms with Crippen LogP contribution in [0.3, 0.4) is 0 Å². The molecule has 23 heavy (non-hydrogen) atoms. The summed E-state index contributed by atoms with van der Waals surface area (Å²) in [6, 6.07) is 12.1. The molecule has 0 amide bonds. The van der Waals surface area contributed by atoms with Crippen molar-refractivity contribution in [2.24, 2.45) is 0 Å². The van der Waals surface area contributed by atoms with E-state index in [1.54, 1.807) is 0 Å². The Morgan fingerprint density at radius 2 is 1.78 bits per heavy atom. The molecule has 3 aromatic heterocycles. The van der Waals surface area contributed by atoms with Gasteiger partial charge in [0.05, 0.1) is 16.7 Å². The van der Waals surface area contributed by atoms with Crippen LogP contribution in [0.2, 0.25) is 0 Å². The second-order valence-corrected chi connectivity index (χ2v) is 6.07. The fourth-order valence-electron chi connectivity index (χ4n) is 3.01. The fourth-order valence-corrected chi connectivity index (χ4v) is 3.01. The molecule has 0 aliphatic rings. The monoisotopic (exact) mass is 305 g/mol.